The third kappa shape index (κ3) is 5.51. The normalized spacial score (nSPS) is 19.4. The number of aromatic nitrogens is 2. The van der Waals surface area contributed by atoms with E-state index in [9.17, 15) is 8.42 Å². The Hall–Kier alpha value is -0.960. The van der Waals surface area contributed by atoms with Crippen LogP contribution in [0.15, 0.2) is 11.4 Å². The summed E-state index contributed by atoms with van der Waals surface area (Å²) >= 11 is 0. The number of aliphatic hydroxyl groups excluding tert-OH is 1. The summed E-state index contributed by atoms with van der Waals surface area (Å²) in [6.07, 6.45) is 5.93. The van der Waals surface area contributed by atoms with Gasteiger partial charge in [-0.1, -0.05) is 6.92 Å². The molecular formula is C17H31N3O4S. The standard InChI is InChI=1S/C17H31N3O4S/c1-3-25(22,23)17-18-12-16(20(17)9-11-24-2)14-19-8-4-6-15(13-19)7-5-10-21/h12,15,21H,3-11,13-14H2,1-2H3. The summed E-state index contributed by atoms with van der Waals surface area (Å²) in [4.78, 5) is 6.57. The number of ether oxygens (including phenoxy) is 1. The first-order chi connectivity index (χ1) is 12.0. The molecule has 1 N–H and O–H groups in total. The minimum Gasteiger partial charge on any atom is -0.396 e. The molecule has 1 aliphatic heterocycles. The zero-order chi connectivity index (χ0) is 18.3. The predicted molar refractivity (Wildman–Crippen MR) is 96.2 cm³/mol. The fourth-order valence-electron chi connectivity index (χ4n) is 3.46. The molecule has 2 rings (SSSR count). The minimum absolute atomic E-state index is 0.0450. The number of imidazole rings is 1. The van der Waals surface area contributed by atoms with Crippen molar-refractivity contribution in [2.24, 2.45) is 5.92 Å². The van der Waals surface area contributed by atoms with E-state index in [1.807, 2.05) is 0 Å². The van der Waals surface area contributed by atoms with Gasteiger partial charge in [0, 0.05) is 33.4 Å². The SMILES string of the molecule is CCS(=O)(=O)c1ncc(CN2CCCC(CCCO)C2)n1CCOC. The molecular weight excluding hydrogens is 342 g/mol. The van der Waals surface area contributed by atoms with Crippen molar-refractivity contribution in [1.29, 1.82) is 0 Å². The summed E-state index contributed by atoms with van der Waals surface area (Å²) in [6, 6.07) is 0. The van der Waals surface area contributed by atoms with Crippen LogP contribution in [0.1, 0.15) is 38.3 Å². The number of rotatable bonds is 10. The molecule has 0 bridgehead atoms. The summed E-state index contributed by atoms with van der Waals surface area (Å²) in [5.41, 5.74) is 0.923. The second kappa shape index (κ2) is 9.66. The molecule has 1 aliphatic rings. The van der Waals surface area contributed by atoms with Crippen LogP contribution in [0.2, 0.25) is 0 Å². The Balaban J connectivity index is 2.12. The van der Waals surface area contributed by atoms with E-state index in [-0.39, 0.29) is 17.5 Å². The van der Waals surface area contributed by atoms with Crippen molar-refractivity contribution in [3.05, 3.63) is 11.9 Å². The number of nitrogens with zero attached hydrogens (tertiary/aromatic N) is 3. The first-order valence-corrected chi connectivity index (χ1v) is 10.8. The van der Waals surface area contributed by atoms with Gasteiger partial charge < -0.3 is 14.4 Å². The zero-order valence-corrected chi connectivity index (χ0v) is 16.2. The molecule has 2 heterocycles. The number of methoxy groups -OCH3 is 1. The molecule has 1 saturated heterocycles. The monoisotopic (exact) mass is 373 g/mol. The van der Waals surface area contributed by atoms with E-state index in [2.05, 4.69) is 9.88 Å². The van der Waals surface area contributed by atoms with Crippen LogP contribution in [-0.4, -0.2) is 67.1 Å². The Morgan fingerprint density at radius 3 is 2.92 bits per heavy atom. The van der Waals surface area contributed by atoms with Crippen LogP contribution in [0.25, 0.3) is 0 Å². The van der Waals surface area contributed by atoms with Crippen molar-refractivity contribution >= 4 is 9.84 Å². The van der Waals surface area contributed by atoms with E-state index in [0.29, 0.717) is 25.6 Å². The highest BCUT2D eigenvalue weighted by atomic mass is 32.2. The lowest BCUT2D eigenvalue weighted by Gasteiger charge is -2.32. The summed E-state index contributed by atoms with van der Waals surface area (Å²) in [5.74, 6) is 0.652. The Morgan fingerprint density at radius 1 is 1.44 bits per heavy atom. The Morgan fingerprint density at radius 2 is 2.24 bits per heavy atom. The first kappa shape index (κ1) is 20.4. The van der Waals surface area contributed by atoms with Crippen molar-refractivity contribution in [3.8, 4) is 0 Å². The molecule has 7 nitrogen and oxygen atoms in total. The van der Waals surface area contributed by atoms with Gasteiger partial charge in [-0.2, -0.15) is 0 Å². The zero-order valence-electron chi connectivity index (χ0n) is 15.4. The number of likely N-dealkylation sites (tertiary alicyclic amines) is 1. The maximum Gasteiger partial charge on any atom is 0.227 e. The van der Waals surface area contributed by atoms with E-state index in [4.69, 9.17) is 9.84 Å². The number of aliphatic hydroxyl groups is 1. The molecule has 1 aromatic heterocycles. The van der Waals surface area contributed by atoms with Crippen molar-refractivity contribution in [2.75, 3.05) is 39.2 Å². The molecule has 1 fully saturated rings. The van der Waals surface area contributed by atoms with Crippen molar-refractivity contribution < 1.29 is 18.3 Å². The molecule has 0 radical (unpaired) electrons. The molecule has 1 aromatic rings. The van der Waals surface area contributed by atoms with Crippen molar-refractivity contribution in [3.63, 3.8) is 0 Å². The Labute approximate surface area is 150 Å². The van der Waals surface area contributed by atoms with Gasteiger partial charge >= 0.3 is 0 Å². The number of hydrogen-bond donors (Lipinski definition) is 1. The predicted octanol–water partition coefficient (Wildman–Crippen LogP) is 1.31. The van der Waals surface area contributed by atoms with Gasteiger partial charge in [0.25, 0.3) is 0 Å². The molecule has 0 aliphatic carbocycles. The van der Waals surface area contributed by atoms with Gasteiger partial charge in [-0.25, -0.2) is 13.4 Å². The minimum atomic E-state index is -3.35. The van der Waals surface area contributed by atoms with Gasteiger partial charge in [-0.05, 0) is 38.1 Å². The van der Waals surface area contributed by atoms with Crippen LogP contribution in [-0.2, 0) is 27.7 Å². The second-order valence-corrected chi connectivity index (χ2v) is 8.86. The molecule has 1 atom stereocenters. The van der Waals surface area contributed by atoms with Gasteiger partial charge in [0.2, 0.25) is 15.0 Å². The quantitative estimate of drug-likeness (QED) is 0.666. The van der Waals surface area contributed by atoms with Gasteiger partial charge in [0.15, 0.2) is 0 Å². The topological polar surface area (TPSA) is 84.7 Å². The molecule has 144 valence electrons. The highest BCUT2D eigenvalue weighted by molar-refractivity contribution is 7.91. The third-order valence-corrected chi connectivity index (χ3v) is 6.48. The average molecular weight is 374 g/mol. The van der Waals surface area contributed by atoms with Crippen LogP contribution < -0.4 is 0 Å². The number of piperidine rings is 1. The van der Waals surface area contributed by atoms with Gasteiger partial charge in [0.1, 0.15) is 0 Å². The van der Waals surface area contributed by atoms with Gasteiger partial charge in [-0.3, -0.25) is 4.90 Å². The maximum atomic E-state index is 12.3. The average Bonchev–Trinajstić information content (AvgIpc) is 3.01. The van der Waals surface area contributed by atoms with Crippen molar-refractivity contribution in [2.45, 2.75) is 50.9 Å². The Kier molecular flexibility index (Phi) is 7.86. The molecule has 0 amide bonds. The lowest BCUT2D eigenvalue weighted by Crippen LogP contribution is -2.35. The van der Waals surface area contributed by atoms with E-state index in [1.54, 1.807) is 24.8 Å². The van der Waals surface area contributed by atoms with E-state index >= 15 is 0 Å². The fraction of sp³-hybridized carbons (Fsp3) is 0.824. The largest absolute Gasteiger partial charge is 0.396 e. The number of hydrogen-bond acceptors (Lipinski definition) is 6. The summed E-state index contributed by atoms with van der Waals surface area (Å²) < 4.78 is 31.5. The molecule has 0 spiro atoms. The van der Waals surface area contributed by atoms with E-state index in [0.717, 1.165) is 38.0 Å². The second-order valence-electron chi connectivity index (χ2n) is 6.69. The van der Waals surface area contributed by atoms with Crippen LogP contribution in [0.5, 0.6) is 0 Å². The number of sulfone groups is 1. The fourth-order valence-corrected chi connectivity index (χ4v) is 4.47. The molecule has 0 aromatic carbocycles. The molecule has 8 heteroatoms. The Bertz CT molecular complexity index is 630. The van der Waals surface area contributed by atoms with E-state index < -0.39 is 9.84 Å². The van der Waals surface area contributed by atoms with Crippen molar-refractivity contribution in [1.82, 2.24) is 14.5 Å². The molecule has 1 unspecified atom stereocenters. The smallest absolute Gasteiger partial charge is 0.227 e. The van der Waals surface area contributed by atoms with Crippen LogP contribution in [0.3, 0.4) is 0 Å². The van der Waals surface area contributed by atoms with Gasteiger partial charge in [0.05, 0.1) is 24.3 Å². The van der Waals surface area contributed by atoms with Gasteiger partial charge in [-0.15, -0.1) is 0 Å². The highest BCUT2D eigenvalue weighted by Crippen LogP contribution is 2.23. The highest BCUT2D eigenvalue weighted by Gasteiger charge is 2.24. The third-order valence-electron chi connectivity index (χ3n) is 4.84. The first-order valence-electron chi connectivity index (χ1n) is 9.11. The summed E-state index contributed by atoms with van der Waals surface area (Å²) in [7, 11) is -1.74. The van der Waals surface area contributed by atoms with E-state index in [1.165, 1.54) is 6.42 Å². The maximum absolute atomic E-state index is 12.3. The van der Waals surface area contributed by atoms with Crippen LogP contribution >= 0.6 is 0 Å². The lowest BCUT2D eigenvalue weighted by atomic mass is 9.93. The molecule has 25 heavy (non-hydrogen) atoms. The van der Waals surface area contributed by atoms with Crippen LogP contribution in [0.4, 0.5) is 0 Å². The summed E-state index contributed by atoms with van der Waals surface area (Å²) in [5, 5.41) is 9.17. The lowest BCUT2D eigenvalue weighted by molar-refractivity contribution is 0.147. The molecule has 0 saturated carbocycles. The van der Waals surface area contributed by atoms with Crippen LogP contribution in [0, 0.1) is 5.92 Å². The summed E-state index contributed by atoms with van der Waals surface area (Å²) in [6.45, 7) is 5.54.